The van der Waals surface area contributed by atoms with Crippen molar-refractivity contribution in [1.82, 2.24) is 5.32 Å². The minimum atomic E-state index is -0.554. The Hall–Kier alpha value is -1.43. The molecule has 0 radical (unpaired) electrons. The first-order valence-corrected chi connectivity index (χ1v) is 6.01. The summed E-state index contributed by atoms with van der Waals surface area (Å²) in [5.41, 5.74) is 6.86. The number of hydroxylamine groups is 3. The molecule has 1 unspecified atom stereocenters. The van der Waals surface area contributed by atoms with Crippen LogP contribution in [-0.2, 0) is 11.2 Å². The van der Waals surface area contributed by atoms with E-state index in [4.69, 9.17) is 5.73 Å². The van der Waals surface area contributed by atoms with Gasteiger partial charge >= 0.3 is 0 Å². The summed E-state index contributed by atoms with van der Waals surface area (Å²) >= 11 is 0. The molecule has 0 fully saturated rings. The number of hydrogen-bond donors (Lipinski definition) is 3. The van der Waals surface area contributed by atoms with Gasteiger partial charge in [0.2, 0.25) is 5.91 Å². The molecule has 1 aromatic rings. The van der Waals surface area contributed by atoms with E-state index in [1.165, 1.54) is 0 Å². The molecule has 0 saturated heterocycles. The Morgan fingerprint density at radius 3 is 2.56 bits per heavy atom. The number of benzene rings is 1. The van der Waals surface area contributed by atoms with Gasteiger partial charge in [-0.1, -0.05) is 30.3 Å². The van der Waals surface area contributed by atoms with E-state index in [1.807, 2.05) is 30.3 Å². The second-order valence-corrected chi connectivity index (χ2v) is 4.93. The van der Waals surface area contributed by atoms with Gasteiger partial charge in [0.15, 0.2) is 0 Å². The Morgan fingerprint density at radius 1 is 1.39 bits per heavy atom. The quantitative estimate of drug-likeness (QED) is 0.498. The van der Waals surface area contributed by atoms with Gasteiger partial charge in [0.05, 0.1) is 26.7 Å². The first-order chi connectivity index (χ1) is 8.38. The van der Waals surface area contributed by atoms with E-state index in [2.05, 4.69) is 5.32 Å². The van der Waals surface area contributed by atoms with Crippen LogP contribution in [0.15, 0.2) is 30.3 Å². The summed E-state index contributed by atoms with van der Waals surface area (Å²) in [6.07, 6.45) is 0.518. The molecule has 0 saturated carbocycles. The lowest BCUT2D eigenvalue weighted by molar-refractivity contribution is -1.07. The molecule has 0 spiro atoms. The van der Waals surface area contributed by atoms with Crippen LogP contribution in [0.5, 0.6) is 0 Å². The van der Waals surface area contributed by atoms with Crippen molar-refractivity contribution >= 4 is 5.91 Å². The van der Waals surface area contributed by atoms with Crippen molar-refractivity contribution in [3.63, 3.8) is 0 Å². The fourth-order valence-electron chi connectivity index (χ4n) is 1.54. The Balaban J connectivity index is 2.34. The maximum absolute atomic E-state index is 11.7. The summed E-state index contributed by atoms with van der Waals surface area (Å²) in [6, 6.07) is 9.11. The summed E-state index contributed by atoms with van der Waals surface area (Å²) in [5, 5.41) is 12.2. The molecule has 0 heterocycles. The van der Waals surface area contributed by atoms with Crippen LogP contribution in [-0.4, -0.2) is 49.0 Å². The van der Waals surface area contributed by atoms with Crippen molar-refractivity contribution in [3.05, 3.63) is 35.9 Å². The van der Waals surface area contributed by atoms with Gasteiger partial charge in [-0.2, -0.15) is 4.65 Å². The Kier molecular flexibility index (Phi) is 5.27. The molecule has 0 aliphatic carbocycles. The van der Waals surface area contributed by atoms with Gasteiger partial charge < -0.3 is 11.1 Å². The van der Waals surface area contributed by atoms with Gasteiger partial charge in [-0.3, -0.25) is 4.79 Å². The predicted molar refractivity (Wildman–Crippen MR) is 69.9 cm³/mol. The monoisotopic (exact) mass is 252 g/mol. The van der Waals surface area contributed by atoms with Crippen LogP contribution in [0.3, 0.4) is 0 Å². The van der Waals surface area contributed by atoms with Gasteiger partial charge in [0.1, 0.15) is 6.54 Å². The smallest absolute Gasteiger partial charge is 0.237 e. The molecule has 5 nitrogen and oxygen atoms in total. The van der Waals surface area contributed by atoms with E-state index in [9.17, 15) is 10.0 Å². The van der Waals surface area contributed by atoms with Gasteiger partial charge in [-0.25, -0.2) is 5.21 Å². The van der Waals surface area contributed by atoms with Crippen molar-refractivity contribution in [2.75, 3.05) is 27.2 Å². The SMILES string of the molecule is C[N+](C)(O)CCNC(=O)C(N)Cc1ccccc1. The second-order valence-electron chi connectivity index (χ2n) is 4.93. The van der Waals surface area contributed by atoms with Crippen molar-refractivity contribution in [3.8, 4) is 0 Å². The van der Waals surface area contributed by atoms with Crippen molar-refractivity contribution in [2.45, 2.75) is 12.5 Å². The Morgan fingerprint density at radius 2 is 2.00 bits per heavy atom. The molecule has 1 aromatic carbocycles. The van der Waals surface area contributed by atoms with E-state index >= 15 is 0 Å². The minimum Gasteiger partial charge on any atom is -0.349 e. The molecule has 1 amide bonds. The molecule has 1 atom stereocenters. The van der Waals surface area contributed by atoms with Gasteiger partial charge in [0, 0.05) is 0 Å². The molecule has 18 heavy (non-hydrogen) atoms. The van der Waals surface area contributed by atoms with Crippen LogP contribution in [0.4, 0.5) is 0 Å². The zero-order chi connectivity index (χ0) is 13.6. The highest BCUT2D eigenvalue weighted by molar-refractivity contribution is 5.81. The number of nitrogens with zero attached hydrogens (tertiary/aromatic N) is 1. The molecular weight excluding hydrogens is 230 g/mol. The van der Waals surface area contributed by atoms with Crippen molar-refractivity contribution in [2.24, 2.45) is 5.73 Å². The molecule has 0 aliphatic heterocycles. The number of likely N-dealkylation sites (N-methyl/N-ethyl adjacent to an activating group) is 1. The summed E-state index contributed by atoms with van der Waals surface area (Å²) in [4.78, 5) is 11.7. The van der Waals surface area contributed by atoms with Crippen molar-refractivity contribution in [1.29, 1.82) is 0 Å². The lowest BCUT2D eigenvalue weighted by Gasteiger charge is -2.20. The fourth-order valence-corrected chi connectivity index (χ4v) is 1.54. The molecule has 0 bridgehead atoms. The standard InChI is InChI=1S/C13H21N3O2/c1-16(2,18)9-8-15-13(17)12(14)10-11-6-4-3-5-7-11/h3-7,12,18H,8-10,14H2,1-2H3/p+1. The lowest BCUT2D eigenvalue weighted by atomic mass is 10.1. The van der Waals surface area contributed by atoms with E-state index in [-0.39, 0.29) is 10.6 Å². The topological polar surface area (TPSA) is 75.3 Å². The molecule has 5 heteroatoms. The summed E-state index contributed by atoms with van der Waals surface area (Å²) in [6.45, 7) is 0.856. The number of nitrogens with one attached hydrogen (secondary N) is 1. The van der Waals surface area contributed by atoms with E-state index in [0.29, 0.717) is 19.5 Å². The van der Waals surface area contributed by atoms with Crippen LogP contribution < -0.4 is 11.1 Å². The van der Waals surface area contributed by atoms with Gasteiger partial charge in [0.25, 0.3) is 0 Å². The molecule has 4 N–H and O–H groups in total. The van der Waals surface area contributed by atoms with Gasteiger partial charge in [-0.05, 0) is 12.0 Å². The molecular formula is C13H22N3O2+. The highest BCUT2D eigenvalue weighted by atomic mass is 16.5. The largest absolute Gasteiger partial charge is 0.349 e. The maximum Gasteiger partial charge on any atom is 0.237 e. The van der Waals surface area contributed by atoms with Crippen LogP contribution in [0, 0.1) is 0 Å². The van der Waals surface area contributed by atoms with E-state index in [0.717, 1.165) is 5.56 Å². The summed E-state index contributed by atoms with van der Waals surface area (Å²) < 4.78 is -0.172. The van der Waals surface area contributed by atoms with Crippen LogP contribution >= 0.6 is 0 Å². The van der Waals surface area contributed by atoms with Crippen LogP contribution in [0.25, 0.3) is 0 Å². The molecule has 100 valence electrons. The van der Waals surface area contributed by atoms with Crippen LogP contribution in [0.2, 0.25) is 0 Å². The average Bonchev–Trinajstić information content (AvgIpc) is 2.28. The molecule has 0 aliphatic rings. The number of carbonyl (C=O) groups excluding carboxylic acids is 1. The summed E-state index contributed by atoms with van der Waals surface area (Å²) in [7, 11) is 3.30. The Bertz CT molecular complexity index is 374. The normalized spacial score (nSPS) is 13.1. The second kappa shape index (κ2) is 6.49. The lowest BCUT2D eigenvalue weighted by Crippen LogP contribution is -2.47. The van der Waals surface area contributed by atoms with E-state index < -0.39 is 6.04 Å². The van der Waals surface area contributed by atoms with Crippen LogP contribution in [0.1, 0.15) is 5.56 Å². The predicted octanol–water partition coefficient (Wildman–Crippen LogP) is 0.138. The first kappa shape index (κ1) is 14.6. The fraction of sp³-hybridized carbons (Fsp3) is 0.462. The molecule has 0 aromatic heterocycles. The number of rotatable bonds is 6. The number of quaternary nitrogens is 1. The highest BCUT2D eigenvalue weighted by Gasteiger charge is 2.15. The third-order valence-corrected chi connectivity index (χ3v) is 2.59. The van der Waals surface area contributed by atoms with E-state index in [1.54, 1.807) is 14.1 Å². The highest BCUT2D eigenvalue weighted by Crippen LogP contribution is 2.01. The number of amides is 1. The third-order valence-electron chi connectivity index (χ3n) is 2.59. The number of hydrogen-bond acceptors (Lipinski definition) is 3. The zero-order valence-corrected chi connectivity index (χ0v) is 11.0. The van der Waals surface area contributed by atoms with Crippen molar-refractivity contribution < 1.29 is 14.6 Å². The van der Waals surface area contributed by atoms with Gasteiger partial charge in [-0.15, -0.1) is 0 Å². The number of nitrogens with two attached hydrogens (primary N) is 1. The molecule has 1 rings (SSSR count). The Labute approximate surface area is 108 Å². The number of carbonyl (C=O) groups is 1. The maximum atomic E-state index is 11.7. The average molecular weight is 252 g/mol. The zero-order valence-electron chi connectivity index (χ0n) is 11.0. The summed E-state index contributed by atoms with van der Waals surface area (Å²) in [5.74, 6) is -0.188. The third kappa shape index (κ3) is 5.77. The minimum absolute atomic E-state index is 0.172. The first-order valence-electron chi connectivity index (χ1n) is 6.01.